The average molecular weight is 437 g/mol. The molecule has 4 rings (SSSR count). The van der Waals surface area contributed by atoms with Crippen molar-refractivity contribution in [2.75, 3.05) is 24.6 Å². The standard InChI is InChI=1S/C20H25ClN4OS2/c1-2-7-25-17-5-3-14(22-13-15-4-6-18(21)28-15)12-16(17)19(23-25)20(26)24-8-10-27-11-9-24/h2,4,6,14,22H,1,3,5,7-13H2. The van der Waals surface area contributed by atoms with E-state index in [9.17, 15) is 4.79 Å². The fourth-order valence-electron chi connectivity index (χ4n) is 3.92. The van der Waals surface area contributed by atoms with E-state index in [1.165, 1.54) is 10.6 Å². The van der Waals surface area contributed by atoms with Crippen LogP contribution in [0.15, 0.2) is 24.8 Å². The van der Waals surface area contributed by atoms with Crippen molar-refractivity contribution in [1.82, 2.24) is 20.0 Å². The van der Waals surface area contributed by atoms with Gasteiger partial charge in [-0.05, 0) is 31.4 Å². The molecule has 0 spiro atoms. The van der Waals surface area contributed by atoms with Crippen LogP contribution in [0.2, 0.25) is 4.34 Å². The van der Waals surface area contributed by atoms with Crippen LogP contribution in [0.4, 0.5) is 0 Å². The van der Waals surface area contributed by atoms with Crippen LogP contribution in [0.5, 0.6) is 0 Å². The molecule has 1 fully saturated rings. The molecule has 8 heteroatoms. The SMILES string of the molecule is C=CCn1nc(C(=O)N2CCSCC2)c2c1CCC(NCc1ccc(Cl)s1)C2. The van der Waals surface area contributed by atoms with Crippen molar-refractivity contribution in [1.29, 1.82) is 0 Å². The van der Waals surface area contributed by atoms with Gasteiger partial charge in [0.15, 0.2) is 5.69 Å². The van der Waals surface area contributed by atoms with Gasteiger partial charge in [-0.2, -0.15) is 16.9 Å². The molecule has 150 valence electrons. The number of aromatic nitrogens is 2. The summed E-state index contributed by atoms with van der Waals surface area (Å²) in [7, 11) is 0. The number of carbonyl (C=O) groups is 1. The van der Waals surface area contributed by atoms with Crippen LogP contribution in [0, 0.1) is 0 Å². The largest absolute Gasteiger partial charge is 0.336 e. The molecular weight excluding hydrogens is 412 g/mol. The Bertz CT molecular complexity index is 857. The number of nitrogens with zero attached hydrogens (tertiary/aromatic N) is 3. The zero-order valence-electron chi connectivity index (χ0n) is 15.8. The first-order valence-electron chi connectivity index (χ1n) is 9.69. The molecule has 5 nitrogen and oxygen atoms in total. The second-order valence-corrected chi connectivity index (χ2v) is 10.2. The number of hydrogen-bond acceptors (Lipinski definition) is 5. The Kier molecular flexibility index (Phi) is 6.45. The quantitative estimate of drug-likeness (QED) is 0.702. The number of thioether (sulfide) groups is 1. The van der Waals surface area contributed by atoms with Crippen LogP contribution < -0.4 is 5.32 Å². The summed E-state index contributed by atoms with van der Waals surface area (Å²) in [5.74, 6) is 2.11. The molecule has 0 radical (unpaired) electrons. The topological polar surface area (TPSA) is 50.2 Å². The third-order valence-electron chi connectivity index (χ3n) is 5.34. The van der Waals surface area contributed by atoms with Gasteiger partial charge >= 0.3 is 0 Å². The van der Waals surface area contributed by atoms with Gasteiger partial charge < -0.3 is 10.2 Å². The molecule has 1 atom stereocenters. The highest BCUT2D eigenvalue weighted by Crippen LogP contribution is 2.28. The van der Waals surface area contributed by atoms with Gasteiger partial charge in [0.2, 0.25) is 0 Å². The number of thiophene rings is 1. The van der Waals surface area contributed by atoms with Crippen LogP contribution >= 0.6 is 34.7 Å². The summed E-state index contributed by atoms with van der Waals surface area (Å²) in [5, 5.41) is 8.36. The van der Waals surface area contributed by atoms with Crippen molar-refractivity contribution in [2.24, 2.45) is 0 Å². The number of amides is 1. The maximum atomic E-state index is 13.2. The highest BCUT2D eigenvalue weighted by Gasteiger charge is 2.31. The fourth-order valence-corrected chi connectivity index (χ4v) is 5.86. The summed E-state index contributed by atoms with van der Waals surface area (Å²) < 4.78 is 2.80. The van der Waals surface area contributed by atoms with Crippen molar-refractivity contribution in [3.63, 3.8) is 0 Å². The smallest absolute Gasteiger partial charge is 0.274 e. The Morgan fingerprint density at radius 2 is 2.21 bits per heavy atom. The second kappa shape index (κ2) is 9.03. The normalized spacial score (nSPS) is 19.5. The van der Waals surface area contributed by atoms with Gasteiger partial charge in [0.25, 0.3) is 5.91 Å². The van der Waals surface area contributed by atoms with Crippen molar-refractivity contribution in [3.8, 4) is 0 Å². The number of allylic oxidation sites excluding steroid dienone is 1. The van der Waals surface area contributed by atoms with E-state index < -0.39 is 0 Å². The first-order valence-corrected chi connectivity index (χ1v) is 12.0. The number of nitrogens with one attached hydrogen (secondary N) is 1. The van der Waals surface area contributed by atoms with Crippen LogP contribution in [0.25, 0.3) is 0 Å². The first kappa shape index (κ1) is 20.0. The fraction of sp³-hybridized carbons (Fsp3) is 0.500. The van der Waals surface area contributed by atoms with E-state index in [0.29, 0.717) is 18.3 Å². The van der Waals surface area contributed by atoms with Gasteiger partial charge in [0.05, 0.1) is 10.9 Å². The summed E-state index contributed by atoms with van der Waals surface area (Å²) in [4.78, 5) is 16.4. The lowest BCUT2D eigenvalue weighted by atomic mass is 9.91. The molecule has 1 aliphatic carbocycles. The molecule has 2 aromatic rings. The van der Waals surface area contributed by atoms with Gasteiger partial charge in [0, 0.05) is 53.3 Å². The van der Waals surface area contributed by atoms with Gasteiger partial charge in [-0.3, -0.25) is 9.48 Å². The number of hydrogen-bond donors (Lipinski definition) is 1. The van der Waals surface area contributed by atoms with E-state index >= 15 is 0 Å². The van der Waals surface area contributed by atoms with E-state index in [4.69, 9.17) is 16.7 Å². The molecule has 3 heterocycles. The van der Waals surface area contributed by atoms with Crippen LogP contribution in [-0.4, -0.2) is 51.2 Å². The highest BCUT2D eigenvalue weighted by molar-refractivity contribution is 7.99. The average Bonchev–Trinajstić information content (AvgIpc) is 3.30. The lowest BCUT2D eigenvalue weighted by Gasteiger charge is -2.27. The predicted octanol–water partition coefficient (Wildman–Crippen LogP) is 3.62. The molecule has 0 bridgehead atoms. The Balaban J connectivity index is 1.52. The molecule has 1 amide bonds. The lowest BCUT2D eigenvalue weighted by molar-refractivity contribution is 0.0764. The monoisotopic (exact) mass is 436 g/mol. The molecule has 2 aromatic heterocycles. The lowest BCUT2D eigenvalue weighted by Crippen LogP contribution is -2.39. The minimum atomic E-state index is 0.0880. The van der Waals surface area contributed by atoms with E-state index in [1.807, 2.05) is 33.5 Å². The number of fused-ring (bicyclic) bond motifs is 1. The Morgan fingerprint density at radius 1 is 1.39 bits per heavy atom. The van der Waals surface area contributed by atoms with E-state index in [2.05, 4.69) is 18.0 Å². The molecule has 1 aliphatic heterocycles. The minimum Gasteiger partial charge on any atom is -0.336 e. The van der Waals surface area contributed by atoms with Crippen LogP contribution in [-0.2, 0) is 25.9 Å². The minimum absolute atomic E-state index is 0.0880. The zero-order valence-corrected chi connectivity index (χ0v) is 18.2. The molecule has 0 saturated carbocycles. The zero-order chi connectivity index (χ0) is 19.5. The van der Waals surface area contributed by atoms with Gasteiger partial charge in [0.1, 0.15) is 0 Å². The Hall–Kier alpha value is -1.28. The highest BCUT2D eigenvalue weighted by atomic mass is 35.5. The predicted molar refractivity (Wildman–Crippen MR) is 118 cm³/mol. The van der Waals surface area contributed by atoms with Gasteiger partial charge in [-0.25, -0.2) is 0 Å². The third-order valence-corrected chi connectivity index (χ3v) is 7.52. The van der Waals surface area contributed by atoms with E-state index in [1.54, 1.807) is 11.3 Å². The molecule has 28 heavy (non-hydrogen) atoms. The van der Waals surface area contributed by atoms with Crippen molar-refractivity contribution >= 4 is 40.6 Å². The third kappa shape index (κ3) is 4.32. The van der Waals surface area contributed by atoms with Gasteiger partial charge in [-0.1, -0.05) is 17.7 Å². The summed E-state index contributed by atoms with van der Waals surface area (Å²) >= 11 is 9.56. The molecule has 1 saturated heterocycles. The van der Waals surface area contributed by atoms with E-state index in [-0.39, 0.29) is 5.91 Å². The number of halogens is 1. The molecule has 1 unspecified atom stereocenters. The summed E-state index contributed by atoms with van der Waals surface area (Å²) in [5.41, 5.74) is 2.97. The molecule has 2 aliphatic rings. The first-order chi connectivity index (χ1) is 13.7. The van der Waals surface area contributed by atoms with Crippen molar-refractivity contribution in [3.05, 3.63) is 51.0 Å². The molecular formula is C20H25ClN4OS2. The van der Waals surface area contributed by atoms with Crippen molar-refractivity contribution < 1.29 is 4.79 Å². The number of rotatable bonds is 6. The van der Waals surface area contributed by atoms with Crippen molar-refractivity contribution in [2.45, 2.75) is 38.4 Å². The summed E-state index contributed by atoms with van der Waals surface area (Å²) in [6, 6.07) is 4.35. The van der Waals surface area contributed by atoms with Crippen LogP contribution in [0.1, 0.15) is 33.0 Å². The number of carbonyl (C=O) groups excluding carboxylic acids is 1. The van der Waals surface area contributed by atoms with Crippen LogP contribution in [0.3, 0.4) is 0 Å². The molecule has 0 aromatic carbocycles. The summed E-state index contributed by atoms with van der Waals surface area (Å²) in [6.07, 6.45) is 4.67. The second-order valence-electron chi connectivity index (χ2n) is 7.18. The maximum absolute atomic E-state index is 13.2. The maximum Gasteiger partial charge on any atom is 0.274 e. The molecule has 1 N–H and O–H groups in total. The van der Waals surface area contributed by atoms with E-state index in [0.717, 1.165) is 60.3 Å². The Labute approximate surface area is 179 Å². The van der Waals surface area contributed by atoms with Gasteiger partial charge in [-0.15, -0.1) is 17.9 Å². The Morgan fingerprint density at radius 3 is 2.93 bits per heavy atom. The summed E-state index contributed by atoms with van der Waals surface area (Å²) in [6.45, 7) is 6.93.